The lowest BCUT2D eigenvalue weighted by molar-refractivity contribution is -0.191. The van der Waals surface area contributed by atoms with Crippen LogP contribution >= 0.6 is 0 Å². The smallest absolute Gasteiger partial charge is 0.410 e. The normalized spacial score (nSPS) is 16.2. The number of halogens is 3. The van der Waals surface area contributed by atoms with Gasteiger partial charge in [-0.25, -0.2) is 5.01 Å². The number of amides is 1. The molecule has 0 aliphatic carbocycles. The molecule has 1 N–H and O–H groups in total. The first kappa shape index (κ1) is 21.4. The molecule has 0 spiro atoms. The van der Waals surface area contributed by atoms with Gasteiger partial charge in [0.2, 0.25) is 5.91 Å². The Labute approximate surface area is 169 Å². The summed E-state index contributed by atoms with van der Waals surface area (Å²) in [4.78, 5) is 11.6. The van der Waals surface area contributed by atoms with Crippen LogP contribution in [-0.4, -0.2) is 30.2 Å². The lowest BCUT2D eigenvalue weighted by Crippen LogP contribution is -2.43. The number of nitrogens with zero attached hydrogens (tertiary/aromatic N) is 1. The number of nitrogens with one attached hydrogen (secondary N) is 1. The van der Waals surface area contributed by atoms with Gasteiger partial charge in [-0.15, -0.1) is 0 Å². The Kier molecular flexibility index (Phi) is 7.00. The number of alkyl halides is 3. The monoisotopic (exact) mass is 408 g/mol. The molecule has 29 heavy (non-hydrogen) atoms. The molecule has 1 heterocycles. The molecule has 4 nitrogen and oxygen atoms in total. The second-order valence-corrected chi connectivity index (χ2v) is 7.38. The van der Waals surface area contributed by atoms with Crippen LogP contribution in [0.5, 0.6) is 5.75 Å². The molecule has 1 aliphatic rings. The Morgan fingerprint density at radius 1 is 1.10 bits per heavy atom. The molecule has 0 bridgehead atoms. The molecule has 1 atom stereocenters. The Balaban J connectivity index is 1.94. The van der Waals surface area contributed by atoms with Crippen molar-refractivity contribution in [2.45, 2.75) is 57.7 Å². The number of rotatable bonds is 9. The van der Waals surface area contributed by atoms with Crippen molar-refractivity contribution >= 4 is 16.7 Å². The van der Waals surface area contributed by atoms with E-state index in [1.807, 2.05) is 0 Å². The number of hydrogen-bond donors (Lipinski definition) is 1. The van der Waals surface area contributed by atoms with Gasteiger partial charge in [-0.1, -0.05) is 62.9 Å². The fourth-order valence-corrected chi connectivity index (χ4v) is 3.76. The molecule has 2 aromatic carbocycles. The topological polar surface area (TPSA) is 41.6 Å². The quantitative estimate of drug-likeness (QED) is 0.555. The summed E-state index contributed by atoms with van der Waals surface area (Å²) in [5.41, 5.74) is 2.42. The molecular weight excluding hydrogens is 381 g/mol. The van der Waals surface area contributed by atoms with E-state index in [2.05, 4.69) is 12.3 Å². The van der Waals surface area contributed by atoms with Gasteiger partial charge in [0.1, 0.15) is 5.75 Å². The first-order chi connectivity index (χ1) is 13.9. The summed E-state index contributed by atoms with van der Waals surface area (Å²) in [6.45, 7) is 2.50. The van der Waals surface area contributed by atoms with E-state index in [1.54, 1.807) is 36.4 Å². The SMILES string of the molecule is CCCCCCCOc1ccc2ccccc2c1[C@H](N1CCC(=O)N1)C(F)(F)F. The summed E-state index contributed by atoms with van der Waals surface area (Å²) < 4.78 is 48.4. The van der Waals surface area contributed by atoms with Crippen molar-refractivity contribution in [2.24, 2.45) is 0 Å². The van der Waals surface area contributed by atoms with Crippen LogP contribution in [0.4, 0.5) is 13.2 Å². The summed E-state index contributed by atoms with van der Waals surface area (Å²) in [6, 6.07) is 8.40. The molecule has 7 heteroatoms. The number of hydrazine groups is 1. The number of ether oxygens (including phenoxy) is 1. The van der Waals surface area contributed by atoms with Gasteiger partial charge in [-0.05, 0) is 23.3 Å². The van der Waals surface area contributed by atoms with E-state index in [0.29, 0.717) is 17.4 Å². The number of benzene rings is 2. The maximum atomic E-state index is 14.2. The van der Waals surface area contributed by atoms with Gasteiger partial charge in [0, 0.05) is 18.5 Å². The highest BCUT2D eigenvalue weighted by atomic mass is 19.4. The second kappa shape index (κ2) is 9.48. The first-order valence-corrected chi connectivity index (χ1v) is 10.2. The Hall–Kier alpha value is -2.28. The summed E-state index contributed by atoms with van der Waals surface area (Å²) in [6.07, 6.45) is 0.628. The predicted octanol–water partition coefficient (Wildman–Crippen LogP) is 5.53. The maximum Gasteiger partial charge on any atom is 0.410 e. The largest absolute Gasteiger partial charge is 0.493 e. The summed E-state index contributed by atoms with van der Waals surface area (Å²) in [5, 5.41) is 2.18. The van der Waals surface area contributed by atoms with Gasteiger partial charge in [0.15, 0.2) is 6.04 Å². The zero-order valence-electron chi connectivity index (χ0n) is 16.6. The third-order valence-corrected chi connectivity index (χ3v) is 5.18. The van der Waals surface area contributed by atoms with E-state index in [0.717, 1.165) is 37.1 Å². The van der Waals surface area contributed by atoms with Gasteiger partial charge in [-0.2, -0.15) is 13.2 Å². The van der Waals surface area contributed by atoms with Gasteiger partial charge >= 0.3 is 6.18 Å². The fraction of sp³-hybridized carbons (Fsp3) is 0.500. The van der Waals surface area contributed by atoms with Crippen molar-refractivity contribution in [1.82, 2.24) is 10.4 Å². The van der Waals surface area contributed by atoms with Crippen molar-refractivity contribution in [2.75, 3.05) is 13.2 Å². The van der Waals surface area contributed by atoms with Crippen LogP contribution in [0.1, 0.15) is 57.1 Å². The molecule has 3 rings (SSSR count). The number of hydrogen-bond acceptors (Lipinski definition) is 3. The van der Waals surface area contributed by atoms with Crippen LogP contribution in [-0.2, 0) is 4.79 Å². The zero-order chi connectivity index (χ0) is 20.9. The van der Waals surface area contributed by atoms with Crippen molar-refractivity contribution in [3.05, 3.63) is 42.0 Å². The van der Waals surface area contributed by atoms with E-state index in [-0.39, 0.29) is 24.3 Å². The van der Waals surface area contributed by atoms with Crippen molar-refractivity contribution in [1.29, 1.82) is 0 Å². The standard InChI is InChI=1S/C22H27F3N2O2/c1-2-3-4-5-8-15-29-18-12-11-16-9-6-7-10-17(16)20(18)21(22(23,24)25)27-14-13-19(28)26-27/h6-7,9-12,21H,2-5,8,13-15H2,1H3,(H,26,28)/t21-/m0/s1. The summed E-state index contributed by atoms with van der Waals surface area (Å²) in [5.74, 6) is -0.180. The fourth-order valence-electron chi connectivity index (χ4n) is 3.76. The van der Waals surface area contributed by atoms with E-state index in [4.69, 9.17) is 4.74 Å². The highest BCUT2D eigenvalue weighted by Gasteiger charge is 2.48. The van der Waals surface area contributed by atoms with Crippen molar-refractivity contribution in [3.8, 4) is 5.75 Å². The molecule has 0 unspecified atom stereocenters. The molecule has 2 aromatic rings. The minimum atomic E-state index is -4.57. The Morgan fingerprint density at radius 3 is 2.55 bits per heavy atom. The van der Waals surface area contributed by atoms with Crippen molar-refractivity contribution < 1.29 is 22.7 Å². The molecule has 1 saturated heterocycles. The number of unbranched alkanes of at least 4 members (excludes halogenated alkanes) is 4. The molecule has 1 aliphatic heterocycles. The van der Waals surface area contributed by atoms with E-state index in [9.17, 15) is 18.0 Å². The number of carbonyl (C=O) groups is 1. The predicted molar refractivity (Wildman–Crippen MR) is 106 cm³/mol. The second-order valence-electron chi connectivity index (χ2n) is 7.38. The molecule has 0 radical (unpaired) electrons. The molecule has 1 amide bonds. The minimum absolute atomic E-state index is 0.00267. The average molecular weight is 408 g/mol. The molecule has 0 aromatic heterocycles. The number of fused-ring (bicyclic) bond motifs is 1. The van der Waals surface area contributed by atoms with E-state index >= 15 is 0 Å². The van der Waals surface area contributed by atoms with Crippen LogP contribution in [0.25, 0.3) is 10.8 Å². The lowest BCUT2D eigenvalue weighted by atomic mass is 9.96. The Morgan fingerprint density at radius 2 is 1.86 bits per heavy atom. The highest BCUT2D eigenvalue weighted by Crippen LogP contribution is 2.45. The zero-order valence-corrected chi connectivity index (χ0v) is 16.6. The maximum absolute atomic E-state index is 14.2. The Bertz CT molecular complexity index is 838. The van der Waals surface area contributed by atoms with Crippen LogP contribution < -0.4 is 10.2 Å². The van der Waals surface area contributed by atoms with Crippen LogP contribution in [0.15, 0.2) is 36.4 Å². The van der Waals surface area contributed by atoms with Crippen molar-refractivity contribution in [3.63, 3.8) is 0 Å². The average Bonchev–Trinajstić information content (AvgIpc) is 3.10. The molecule has 158 valence electrons. The highest BCUT2D eigenvalue weighted by molar-refractivity contribution is 5.88. The molecular formula is C22H27F3N2O2. The molecule has 1 fully saturated rings. The van der Waals surface area contributed by atoms with E-state index in [1.165, 1.54) is 0 Å². The van der Waals surface area contributed by atoms with Crippen LogP contribution in [0.2, 0.25) is 0 Å². The molecule has 0 saturated carbocycles. The van der Waals surface area contributed by atoms with Gasteiger partial charge in [0.25, 0.3) is 0 Å². The third-order valence-electron chi connectivity index (χ3n) is 5.18. The lowest BCUT2D eigenvalue weighted by Gasteiger charge is -2.31. The van der Waals surface area contributed by atoms with Crippen LogP contribution in [0, 0.1) is 0 Å². The number of carbonyl (C=O) groups excluding carboxylic acids is 1. The summed E-state index contributed by atoms with van der Waals surface area (Å²) >= 11 is 0. The van der Waals surface area contributed by atoms with Gasteiger partial charge in [-0.3, -0.25) is 10.2 Å². The minimum Gasteiger partial charge on any atom is -0.493 e. The van der Waals surface area contributed by atoms with Gasteiger partial charge in [0.05, 0.1) is 6.61 Å². The van der Waals surface area contributed by atoms with Crippen LogP contribution in [0.3, 0.4) is 0 Å². The first-order valence-electron chi connectivity index (χ1n) is 10.2. The van der Waals surface area contributed by atoms with E-state index < -0.39 is 18.1 Å². The van der Waals surface area contributed by atoms with Gasteiger partial charge < -0.3 is 4.74 Å². The third kappa shape index (κ3) is 5.21. The summed E-state index contributed by atoms with van der Waals surface area (Å²) in [7, 11) is 0.